The zero-order valence-corrected chi connectivity index (χ0v) is 16.9. The molecule has 4 rings (SSSR count). The smallest absolute Gasteiger partial charge is 0.273 e. The predicted octanol–water partition coefficient (Wildman–Crippen LogP) is 4.51. The van der Waals surface area contributed by atoms with Gasteiger partial charge in [-0.3, -0.25) is 14.9 Å². The highest BCUT2D eigenvalue weighted by Gasteiger charge is 2.26. The number of carbonyl (C=O) groups excluding carboxylic acids is 2. The lowest BCUT2D eigenvalue weighted by Crippen LogP contribution is -2.36. The second-order valence-electron chi connectivity index (χ2n) is 6.48. The third kappa shape index (κ3) is 4.70. The molecule has 1 aliphatic rings. The average Bonchev–Trinajstić information content (AvgIpc) is 3.17. The van der Waals surface area contributed by atoms with Crippen LogP contribution in [0.4, 0.5) is 10.8 Å². The van der Waals surface area contributed by atoms with Crippen molar-refractivity contribution < 1.29 is 9.59 Å². The standard InChI is InChI=1S/C21H17ClN4O2S/c22-15-8-6-14(7-9-15)12-17-13-23-21(29-17)24-20(28)18-10-11-19(27)26(25-18)16-4-2-1-3-5-16/h1-9,13H,10-12H2,(H,23,24,28). The monoisotopic (exact) mass is 424 g/mol. The first-order chi connectivity index (χ1) is 14.1. The third-order valence-electron chi connectivity index (χ3n) is 4.36. The van der Waals surface area contributed by atoms with Crippen molar-refractivity contribution in [2.45, 2.75) is 19.3 Å². The molecule has 8 heteroatoms. The van der Waals surface area contributed by atoms with Crippen molar-refractivity contribution in [3.63, 3.8) is 0 Å². The summed E-state index contributed by atoms with van der Waals surface area (Å²) in [5.74, 6) is -0.474. The van der Waals surface area contributed by atoms with Crippen LogP contribution >= 0.6 is 22.9 Å². The van der Waals surface area contributed by atoms with Gasteiger partial charge in [-0.15, -0.1) is 11.3 Å². The van der Waals surface area contributed by atoms with Gasteiger partial charge in [-0.1, -0.05) is 41.9 Å². The Kier molecular flexibility index (Phi) is 5.69. The van der Waals surface area contributed by atoms with Crippen LogP contribution in [0.1, 0.15) is 23.3 Å². The zero-order valence-electron chi connectivity index (χ0n) is 15.3. The molecule has 1 aliphatic heterocycles. The van der Waals surface area contributed by atoms with Crippen LogP contribution in [0.3, 0.4) is 0 Å². The van der Waals surface area contributed by atoms with E-state index < -0.39 is 0 Å². The summed E-state index contributed by atoms with van der Waals surface area (Å²) >= 11 is 7.33. The molecule has 0 fully saturated rings. The molecular formula is C21H17ClN4O2S. The van der Waals surface area contributed by atoms with E-state index in [1.807, 2.05) is 42.5 Å². The molecule has 0 radical (unpaired) electrons. The Hall–Kier alpha value is -3.03. The number of hydrogen-bond donors (Lipinski definition) is 1. The summed E-state index contributed by atoms with van der Waals surface area (Å²) in [4.78, 5) is 30.1. The summed E-state index contributed by atoms with van der Waals surface area (Å²) in [5, 5.41) is 9.54. The molecule has 29 heavy (non-hydrogen) atoms. The minimum atomic E-state index is -0.342. The number of hydrogen-bond acceptors (Lipinski definition) is 5. The summed E-state index contributed by atoms with van der Waals surface area (Å²) in [5.41, 5.74) is 2.06. The minimum absolute atomic E-state index is 0.132. The number of nitrogens with zero attached hydrogens (tertiary/aromatic N) is 3. The van der Waals surface area contributed by atoms with Gasteiger partial charge in [-0.05, 0) is 29.8 Å². The summed E-state index contributed by atoms with van der Waals surface area (Å²) in [6, 6.07) is 16.7. The summed E-state index contributed by atoms with van der Waals surface area (Å²) in [6.07, 6.45) is 3.00. The first-order valence-electron chi connectivity index (χ1n) is 9.04. The van der Waals surface area contributed by atoms with Gasteiger partial charge in [0.15, 0.2) is 5.13 Å². The number of carbonyl (C=O) groups is 2. The molecule has 0 spiro atoms. The summed E-state index contributed by atoms with van der Waals surface area (Å²) < 4.78 is 0. The van der Waals surface area contributed by atoms with Crippen molar-refractivity contribution >= 4 is 51.3 Å². The first-order valence-corrected chi connectivity index (χ1v) is 10.2. The molecular weight excluding hydrogens is 408 g/mol. The van der Waals surface area contributed by atoms with Gasteiger partial charge < -0.3 is 0 Å². The van der Waals surface area contributed by atoms with E-state index in [9.17, 15) is 9.59 Å². The molecule has 6 nitrogen and oxygen atoms in total. The Morgan fingerprint density at radius 1 is 1.10 bits per heavy atom. The largest absolute Gasteiger partial charge is 0.297 e. The number of amides is 2. The second kappa shape index (κ2) is 8.55. The van der Waals surface area contributed by atoms with Crippen LogP contribution in [-0.4, -0.2) is 22.5 Å². The number of halogens is 1. The van der Waals surface area contributed by atoms with Gasteiger partial charge in [0.05, 0.1) is 5.69 Å². The first kappa shape index (κ1) is 19.3. The normalized spacial score (nSPS) is 13.9. The lowest BCUT2D eigenvalue weighted by molar-refractivity contribution is -0.118. The van der Waals surface area contributed by atoms with Crippen molar-refractivity contribution in [3.05, 3.63) is 76.3 Å². The summed E-state index contributed by atoms with van der Waals surface area (Å²) in [7, 11) is 0. The van der Waals surface area contributed by atoms with E-state index in [-0.39, 0.29) is 18.2 Å². The molecule has 146 valence electrons. The fourth-order valence-corrected chi connectivity index (χ4v) is 3.88. The fourth-order valence-electron chi connectivity index (χ4n) is 2.91. The summed E-state index contributed by atoms with van der Waals surface area (Å²) in [6.45, 7) is 0. The SMILES string of the molecule is O=C(Nc1ncc(Cc2ccc(Cl)cc2)s1)C1=NN(c2ccccc2)C(=O)CC1. The van der Waals surface area contributed by atoms with Crippen LogP contribution in [0.5, 0.6) is 0 Å². The van der Waals surface area contributed by atoms with Gasteiger partial charge in [0, 0.05) is 35.4 Å². The molecule has 0 saturated carbocycles. The number of aromatic nitrogens is 1. The number of hydrazone groups is 1. The van der Waals surface area contributed by atoms with Gasteiger partial charge in [-0.2, -0.15) is 5.10 Å². The van der Waals surface area contributed by atoms with E-state index in [1.54, 1.807) is 18.3 Å². The van der Waals surface area contributed by atoms with Crippen LogP contribution in [0, 0.1) is 0 Å². The molecule has 2 heterocycles. The van der Waals surface area contributed by atoms with Crippen molar-refractivity contribution in [1.82, 2.24) is 4.98 Å². The van der Waals surface area contributed by atoms with Gasteiger partial charge in [-0.25, -0.2) is 9.99 Å². The maximum Gasteiger partial charge on any atom is 0.273 e. The molecule has 1 N–H and O–H groups in total. The van der Waals surface area contributed by atoms with Gasteiger partial charge in [0.1, 0.15) is 5.71 Å². The van der Waals surface area contributed by atoms with Gasteiger partial charge in [0.2, 0.25) is 5.91 Å². The lowest BCUT2D eigenvalue weighted by atomic mass is 10.1. The van der Waals surface area contributed by atoms with Crippen molar-refractivity contribution in [3.8, 4) is 0 Å². The van der Waals surface area contributed by atoms with Gasteiger partial charge in [0.25, 0.3) is 5.91 Å². The van der Waals surface area contributed by atoms with E-state index in [0.29, 0.717) is 34.4 Å². The molecule has 0 atom stereocenters. The molecule has 3 aromatic rings. The molecule has 0 aliphatic carbocycles. The Morgan fingerprint density at radius 3 is 2.62 bits per heavy atom. The topological polar surface area (TPSA) is 74.7 Å². The van der Waals surface area contributed by atoms with E-state index in [1.165, 1.54) is 16.3 Å². The van der Waals surface area contributed by atoms with E-state index in [0.717, 1.165) is 10.4 Å². The van der Waals surface area contributed by atoms with Crippen molar-refractivity contribution in [2.24, 2.45) is 5.10 Å². The van der Waals surface area contributed by atoms with Crippen LogP contribution < -0.4 is 10.3 Å². The van der Waals surface area contributed by atoms with Crippen LogP contribution in [0.25, 0.3) is 0 Å². The van der Waals surface area contributed by atoms with E-state index in [4.69, 9.17) is 11.6 Å². The van der Waals surface area contributed by atoms with Crippen molar-refractivity contribution in [1.29, 1.82) is 0 Å². The second-order valence-corrected chi connectivity index (χ2v) is 8.03. The molecule has 1 aromatic heterocycles. The number of thiazole rings is 1. The Bertz CT molecular complexity index is 1060. The van der Waals surface area contributed by atoms with Crippen LogP contribution in [0.2, 0.25) is 5.02 Å². The van der Waals surface area contributed by atoms with Crippen LogP contribution in [0.15, 0.2) is 65.9 Å². The maximum absolute atomic E-state index is 12.6. The predicted molar refractivity (Wildman–Crippen MR) is 116 cm³/mol. The highest BCUT2D eigenvalue weighted by atomic mass is 35.5. The molecule has 0 saturated heterocycles. The van der Waals surface area contributed by atoms with Crippen molar-refractivity contribution in [2.75, 3.05) is 10.3 Å². The molecule has 2 aromatic carbocycles. The fraction of sp³-hybridized carbons (Fsp3) is 0.143. The zero-order chi connectivity index (χ0) is 20.2. The highest BCUT2D eigenvalue weighted by molar-refractivity contribution is 7.15. The van der Waals surface area contributed by atoms with E-state index >= 15 is 0 Å². The minimum Gasteiger partial charge on any atom is -0.297 e. The Morgan fingerprint density at radius 2 is 1.86 bits per heavy atom. The number of rotatable bonds is 5. The van der Waals surface area contributed by atoms with Crippen LogP contribution in [-0.2, 0) is 16.0 Å². The van der Waals surface area contributed by atoms with Gasteiger partial charge >= 0.3 is 0 Å². The average molecular weight is 425 g/mol. The number of anilines is 2. The number of benzene rings is 2. The highest BCUT2D eigenvalue weighted by Crippen LogP contribution is 2.23. The molecule has 0 unspecified atom stereocenters. The maximum atomic E-state index is 12.6. The Labute approximate surface area is 176 Å². The third-order valence-corrected chi connectivity index (χ3v) is 5.53. The number of para-hydroxylation sites is 1. The Balaban J connectivity index is 1.44. The molecule has 2 amide bonds. The molecule has 0 bridgehead atoms. The van der Waals surface area contributed by atoms with E-state index in [2.05, 4.69) is 15.4 Å². The number of nitrogens with one attached hydrogen (secondary N) is 1. The quantitative estimate of drug-likeness (QED) is 0.654. The lowest BCUT2D eigenvalue weighted by Gasteiger charge is -2.22.